The molecule has 2 atom stereocenters. The van der Waals surface area contributed by atoms with Crippen molar-refractivity contribution < 1.29 is 31.1 Å². The smallest absolute Gasteiger partial charge is 0.366 e. The van der Waals surface area contributed by atoms with Gasteiger partial charge in [-0.2, -0.15) is 18.3 Å². The van der Waals surface area contributed by atoms with Crippen molar-refractivity contribution in [2.75, 3.05) is 6.54 Å². The molecule has 0 saturated heterocycles. The molecule has 0 saturated carbocycles. The van der Waals surface area contributed by atoms with Gasteiger partial charge >= 0.3 is 6.18 Å². The third kappa shape index (κ3) is 7.12. The van der Waals surface area contributed by atoms with Gasteiger partial charge in [0.25, 0.3) is 5.91 Å². The van der Waals surface area contributed by atoms with E-state index in [1.165, 1.54) is 41.3 Å². The Kier molecular flexibility index (Phi) is 8.81. The molecule has 0 aliphatic heterocycles. The highest BCUT2D eigenvalue weighted by Crippen LogP contribution is 2.32. The van der Waals surface area contributed by atoms with Crippen LogP contribution in [0.15, 0.2) is 67.0 Å². The highest BCUT2D eigenvalue weighted by Gasteiger charge is 2.34. The van der Waals surface area contributed by atoms with Crippen molar-refractivity contribution in [3.8, 4) is 11.1 Å². The number of pyridine rings is 1. The van der Waals surface area contributed by atoms with Crippen molar-refractivity contribution >= 4 is 5.91 Å². The monoisotopic (exact) mass is 575 g/mol. The van der Waals surface area contributed by atoms with E-state index in [9.17, 15) is 31.1 Å². The zero-order valence-corrected chi connectivity index (χ0v) is 22.1. The van der Waals surface area contributed by atoms with Crippen LogP contribution < -0.4 is 11.1 Å². The molecule has 2 heterocycles. The summed E-state index contributed by atoms with van der Waals surface area (Å²) in [6, 6.07) is 9.88. The molecule has 1 unspecified atom stereocenters. The first-order valence-electron chi connectivity index (χ1n) is 12.7. The fourth-order valence-electron chi connectivity index (χ4n) is 4.62. The van der Waals surface area contributed by atoms with Crippen molar-refractivity contribution in [1.29, 1.82) is 0 Å². The lowest BCUT2D eigenvalue weighted by Gasteiger charge is -2.27. The van der Waals surface area contributed by atoms with Crippen LogP contribution in [0.25, 0.3) is 11.1 Å². The second-order valence-electron chi connectivity index (χ2n) is 9.93. The first-order chi connectivity index (χ1) is 19.3. The molecule has 4 aromatic rings. The summed E-state index contributed by atoms with van der Waals surface area (Å²) in [5, 5.41) is 7.01. The Hall–Kier alpha value is -4.19. The summed E-state index contributed by atoms with van der Waals surface area (Å²) in [6.45, 7) is 3.77. The van der Waals surface area contributed by atoms with E-state index < -0.39 is 47.3 Å². The molecular formula is C29H27F6N5O. The van der Waals surface area contributed by atoms with Gasteiger partial charge in [0.05, 0.1) is 23.3 Å². The van der Waals surface area contributed by atoms with Gasteiger partial charge in [-0.05, 0) is 59.9 Å². The Morgan fingerprint density at radius 2 is 1.73 bits per heavy atom. The maximum Gasteiger partial charge on any atom is 0.435 e. The summed E-state index contributed by atoms with van der Waals surface area (Å²) in [5.41, 5.74) is 5.59. The number of rotatable bonds is 10. The molecule has 216 valence electrons. The SMILES string of the molecule is CC(C)C(CN[C@@H](Cc1cc(F)cc(F)c1)c1ncccc1-c1ccc(F)c(C(N)=O)c1)n1ccc(C(F)(F)F)n1. The highest BCUT2D eigenvalue weighted by molar-refractivity contribution is 5.94. The number of halogens is 6. The van der Waals surface area contributed by atoms with E-state index >= 15 is 0 Å². The molecule has 0 bridgehead atoms. The molecule has 0 fully saturated rings. The Bertz CT molecular complexity index is 1510. The van der Waals surface area contributed by atoms with Crippen LogP contribution in [0.2, 0.25) is 0 Å². The van der Waals surface area contributed by atoms with Gasteiger partial charge in [-0.25, -0.2) is 13.2 Å². The molecule has 0 spiro atoms. The van der Waals surface area contributed by atoms with Crippen molar-refractivity contribution in [2.45, 2.75) is 38.5 Å². The molecule has 6 nitrogen and oxygen atoms in total. The number of aromatic nitrogens is 3. The predicted molar refractivity (Wildman–Crippen MR) is 140 cm³/mol. The molecule has 0 aliphatic rings. The maximum atomic E-state index is 14.2. The summed E-state index contributed by atoms with van der Waals surface area (Å²) in [5.74, 6) is -3.47. The lowest BCUT2D eigenvalue weighted by Crippen LogP contribution is -2.33. The molecule has 0 radical (unpaired) electrons. The third-order valence-electron chi connectivity index (χ3n) is 6.66. The number of nitrogens with one attached hydrogen (secondary N) is 1. The highest BCUT2D eigenvalue weighted by atomic mass is 19.4. The van der Waals surface area contributed by atoms with E-state index in [4.69, 9.17) is 5.73 Å². The van der Waals surface area contributed by atoms with Crippen LogP contribution in [0.5, 0.6) is 0 Å². The van der Waals surface area contributed by atoms with E-state index in [0.717, 1.165) is 18.2 Å². The topological polar surface area (TPSA) is 85.8 Å². The quantitative estimate of drug-likeness (QED) is 0.219. The van der Waals surface area contributed by atoms with Gasteiger partial charge in [-0.3, -0.25) is 14.5 Å². The summed E-state index contributed by atoms with van der Waals surface area (Å²) in [6.07, 6.45) is -1.81. The maximum absolute atomic E-state index is 14.2. The van der Waals surface area contributed by atoms with Gasteiger partial charge in [0.1, 0.15) is 17.5 Å². The minimum atomic E-state index is -4.61. The molecule has 41 heavy (non-hydrogen) atoms. The number of nitrogens with two attached hydrogens (primary N) is 1. The predicted octanol–water partition coefficient (Wildman–Crippen LogP) is 6.25. The Balaban J connectivity index is 1.74. The van der Waals surface area contributed by atoms with Gasteiger partial charge in [-0.15, -0.1) is 0 Å². The molecular weight excluding hydrogens is 548 g/mol. The van der Waals surface area contributed by atoms with E-state index in [0.29, 0.717) is 22.4 Å². The number of hydrogen-bond acceptors (Lipinski definition) is 4. The van der Waals surface area contributed by atoms with Crippen LogP contribution in [-0.2, 0) is 12.6 Å². The van der Waals surface area contributed by atoms with Crippen LogP contribution >= 0.6 is 0 Å². The fraction of sp³-hybridized carbons (Fsp3) is 0.276. The van der Waals surface area contributed by atoms with Gasteiger partial charge in [-0.1, -0.05) is 26.0 Å². The second kappa shape index (κ2) is 12.1. The normalized spacial score (nSPS) is 13.4. The number of amides is 1. The Morgan fingerprint density at radius 1 is 1.02 bits per heavy atom. The van der Waals surface area contributed by atoms with Gasteiger partial charge < -0.3 is 11.1 Å². The van der Waals surface area contributed by atoms with Crippen LogP contribution in [0.3, 0.4) is 0 Å². The van der Waals surface area contributed by atoms with Gasteiger partial charge in [0, 0.05) is 30.6 Å². The lowest BCUT2D eigenvalue weighted by atomic mass is 9.94. The Morgan fingerprint density at radius 3 is 2.34 bits per heavy atom. The first-order valence-corrected chi connectivity index (χ1v) is 12.7. The van der Waals surface area contributed by atoms with Gasteiger partial charge in [0.15, 0.2) is 5.69 Å². The number of alkyl halides is 3. The largest absolute Gasteiger partial charge is 0.435 e. The minimum absolute atomic E-state index is 0.0420. The number of carbonyl (C=O) groups is 1. The fourth-order valence-corrected chi connectivity index (χ4v) is 4.62. The van der Waals surface area contributed by atoms with Crippen molar-refractivity contribution in [3.63, 3.8) is 0 Å². The zero-order chi connectivity index (χ0) is 29.9. The molecule has 2 aromatic carbocycles. The van der Waals surface area contributed by atoms with E-state index in [1.807, 2.05) is 13.8 Å². The summed E-state index contributed by atoms with van der Waals surface area (Å²) < 4.78 is 83.2. The molecule has 0 aliphatic carbocycles. The van der Waals surface area contributed by atoms with Crippen LogP contribution in [0, 0.1) is 23.4 Å². The summed E-state index contributed by atoms with van der Waals surface area (Å²) >= 11 is 0. The molecule has 3 N–H and O–H groups in total. The van der Waals surface area contributed by atoms with Crippen molar-refractivity contribution in [1.82, 2.24) is 20.1 Å². The van der Waals surface area contributed by atoms with Crippen molar-refractivity contribution in [2.24, 2.45) is 11.7 Å². The molecule has 4 rings (SSSR count). The Labute approximate surface area is 232 Å². The average molecular weight is 576 g/mol. The number of hydrogen-bond donors (Lipinski definition) is 2. The molecule has 1 amide bonds. The second-order valence-corrected chi connectivity index (χ2v) is 9.93. The van der Waals surface area contributed by atoms with Crippen LogP contribution in [-0.4, -0.2) is 27.2 Å². The van der Waals surface area contributed by atoms with E-state index in [2.05, 4.69) is 15.4 Å². The summed E-state index contributed by atoms with van der Waals surface area (Å²) in [7, 11) is 0. The van der Waals surface area contributed by atoms with Crippen molar-refractivity contribution in [3.05, 3.63) is 107 Å². The minimum Gasteiger partial charge on any atom is -0.366 e. The zero-order valence-electron chi connectivity index (χ0n) is 22.1. The number of primary amides is 1. The standard InChI is InChI=1S/C29H27F6N5O/c1-16(2)25(40-9-7-26(39-40)29(33,34)35)15-38-24(12-17-10-19(30)14-20(31)11-17)27-21(4-3-8-37-27)18-5-6-23(32)22(13-18)28(36)41/h3-11,13-14,16,24-25,38H,12,15H2,1-2H3,(H2,36,41)/t24-,25?/m0/s1. The third-order valence-corrected chi connectivity index (χ3v) is 6.66. The molecule has 12 heteroatoms. The number of nitrogens with zero attached hydrogens (tertiary/aromatic N) is 3. The summed E-state index contributed by atoms with van der Waals surface area (Å²) in [4.78, 5) is 16.3. The first kappa shape index (κ1) is 29.8. The number of carbonyl (C=O) groups excluding carboxylic acids is 1. The average Bonchev–Trinajstić information content (AvgIpc) is 3.38. The lowest BCUT2D eigenvalue weighted by molar-refractivity contribution is -0.141. The van der Waals surface area contributed by atoms with E-state index in [-0.39, 0.29) is 24.4 Å². The van der Waals surface area contributed by atoms with Crippen LogP contribution in [0.4, 0.5) is 26.3 Å². The van der Waals surface area contributed by atoms with Crippen LogP contribution in [0.1, 0.15) is 53.2 Å². The molecule has 2 aromatic heterocycles. The van der Waals surface area contributed by atoms with Gasteiger partial charge in [0.2, 0.25) is 0 Å². The number of benzene rings is 2. The van der Waals surface area contributed by atoms with E-state index in [1.54, 1.807) is 12.1 Å².